The molecule has 104 valence electrons. The lowest BCUT2D eigenvalue weighted by atomic mass is 10.0. The maximum atomic E-state index is 11.3. The first-order chi connectivity index (χ1) is 9.08. The second-order valence-corrected chi connectivity index (χ2v) is 5.53. The van der Waals surface area contributed by atoms with Gasteiger partial charge in [0.05, 0.1) is 0 Å². The van der Waals surface area contributed by atoms with Gasteiger partial charge < -0.3 is 10.2 Å². The highest BCUT2D eigenvalue weighted by atomic mass is 16.2. The Hall–Kier alpha value is -1.35. The second-order valence-electron chi connectivity index (χ2n) is 5.53. The number of amides is 1. The zero-order valence-electron chi connectivity index (χ0n) is 12.2. The molecule has 1 fully saturated rings. The van der Waals surface area contributed by atoms with Gasteiger partial charge in [0.25, 0.3) is 0 Å². The van der Waals surface area contributed by atoms with E-state index in [4.69, 9.17) is 0 Å². The molecule has 3 nitrogen and oxygen atoms in total. The number of piperidine rings is 1. The quantitative estimate of drug-likeness (QED) is 0.905. The number of rotatable bonds is 3. The topological polar surface area (TPSA) is 32.3 Å². The summed E-state index contributed by atoms with van der Waals surface area (Å²) in [6.07, 6.45) is 2.12. The van der Waals surface area contributed by atoms with Gasteiger partial charge in [0, 0.05) is 32.6 Å². The van der Waals surface area contributed by atoms with E-state index in [0.717, 1.165) is 32.5 Å². The first-order valence-electron chi connectivity index (χ1n) is 7.12. The highest BCUT2D eigenvalue weighted by molar-refractivity contribution is 5.73. The fourth-order valence-electron chi connectivity index (χ4n) is 2.77. The van der Waals surface area contributed by atoms with Crippen LogP contribution in [0.2, 0.25) is 0 Å². The normalized spacial score (nSPS) is 16.7. The third kappa shape index (κ3) is 3.57. The van der Waals surface area contributed by atoms with Gasteiger partial charge in [-0.1, -0.05) is 18.2 Å². The molecule has 1 aromatic carbocycles. The van der Waals surface area contributed by atoms with Crippen LogP contribution in [0.3, 0.4) is 0 Å². The van der Waals surface area contributed by atoms with Crippen LogP contribution in [0.4, 0.5) is 0 Å². The maximum absolute atomic E-state index is 11.3. The molecular weight excluding hydrogens is 236 g/mol. The Labute approximate surface area is 116 Å². The molecule has 0 bridgehead atoms. The van der Waals surface area contributed by atoms with E-state index in [-0.39, 0.29) is 5.91 Å². The standard InChI is InChI=1S/C16H24N2O/c1-12-5-4-6-13(2)16(12)11-17-15-7-9-18(10-8-15)14(3)19/h4-6,15,17H,7-11H2,1-3H3. The van der Waals surface area contributed by atoms with Crippen LogP contribution in [0.15, 0.2) is 18.2 Å². The lowest BCUT2D eigenvalue weighted by Gasteiger charge is -2.32. The fourth-order valence-corrected chi connectivity index (χ4v) is 2.77. The number of benzene rings is 1. The second kappa shape index (κ2) is 6.20. The molecule has 0 unspecified atom stereocenters. The van der Waals surface area contributed by atoms with Crippen molar-refractivity contribution in [3.63, 3.8) is 0 Å². The molecular formula is C16H24N2O. The Morgan fingerprint density at radius 1 is 1.26 bits per heavy atom. The zero-order chi connectivity index (χ0) is 13.8. The molecule has 1 saturated heterocycles. The molecule has 3 heteroatoms. The van der Waals surface area contributed by atoms with Crippen molar-refractivity contribution >= 4 is 5.91 Å². The summed E-state index contributed by atoms with van der Waals surface area (Å²) < 4.78 is 0. The van der Waals surface area contributed by atoms with Gasteiger partial charge in [-0.25, -0.2) is 0 Å². The van der Waals surface area contributed by atoms with Gasteiger partial charge in [-0.15, -0.1) is 0 Å². The molecule has 0 atom stereocenters. The van der Waals surface area contributed by atoms with E-state index in [0.29, 0.717) is 6.04 Å². The summed E-state index contributed by atoms with van der Waals surface area (Å²) in [5.74, 6) is 0.202. The maximum Gasteiger partial charge on any atom is 0.219 e. The van der Waals surface area contributed by atoms with E-state index in [9.17, 15) is 4.79 Å². The number of likely N-dealkylation sites (tertiary alicyclic amines) is 1. The van der Waals surface area contributed by atoms with E-state index in [1.165, 1.54) is 16.7 Å². The third-order valence-corrected chi connectivity index (χ3v) is 4.15. The summed E-state index contributed by atoms with van der Waals surface area (Å²) in [4.78, 5) is 13.2. The van der Waals surface area contributed by atoms with Crippen molar-refractivity contribution in [1.82, 2.24) is 10.2 Å². The Balaban J connectivity index is 1.86. The summed E-state index contributed by atoms with van der Waals surface area (Å²) in [6, 6.07) is 6.99. The lowest BCUT2D eigenvalue weighted by Crippen LogP contribution is -2.44. The first-order valence-corrected chi connectivity index (χ1v) is 7.12. The highest BCUT2D eigenvalue weighted by Gasteiger charge is 2.20. The molecule has 19 heavy (non-hydrogen) atoms. The van der Waals surface area contributed by atoms with Crippen LogP contribution in [0.5, 0.6) is 0 Å². The van der Waals surface area contributed by atoms with Crippen molar-refractivity contribution < 1.29 is 4.79 Å². The SMILES string of the molecule is CC(=O)N1CCC(NCc2c(C)cccc2C)CC1. The smallest absolute Gasteiger partial charge is 0.219 e. The van der Waals surface area contributed by atoms with Gasteiger partial charge in [0.15, 0.2) is 0 Å². The van der Waals surface area contributed by atoms with E-state index < -0.39 is 0 Å². The first kappa shape index (κ1) is 14.1. The van der Waals surface area contributed by atoms with Crippen LogP contribution in [0, 0.1) is 13.8 Å². The molecule has 0 radical (unpaired) electrons. The summed E-state index contributed by atoms with van der Waals surface area (Å²) in [5.41, 5.74) is 4.12. The number of nitrogens with zero attached hydrogens (tertiary/aromatic N) is 1. The molecule has 1 N–H and O–H groups in total. The van der Waals surface area contributed by atoms with Crippen LogP contribution >= 0.6 is 0 Å². The number of nitrogens with one attached hydrogen (secondary N) is 1. The number of hydrogen-bond acceptors (Lipinski definition) is 2. The number of aryl methyl sites for hydroxylation is 2. The van der Waals surface area contributed by atoms with E-state index in [1.54, 1.807) is 6.92 Å². The highest BCUT2D eigenvalue weighted by Crippen LogP contribution is 2.15. The van der Waals surface area contributed by atoms with Crippen molar-refractivity contribution in [3.8, 4) is 0 Å². The average molecular weight is 260 g/mol. The van der Waals surface area contributed by atoms with Gasteiger partial charge >= 0.3 is 0 Å². The van der Waals surface area contributed by atoms with Gasteiger partial charge in [0.1, 0.15) is 0 Å². The van der Waals surface area contributed by atoms with Gasteiger partial charge in [-0.3, -0.25) is 4.79 Å². The molecule has 0 saturated carbocycles. The molecule has 0 aliphatic carbocycles. The predicted octanol–water partition coefficient (Wildman–Crippen LogP) is 2.40. The van der Waals surface area contributed by atoms with Crippen molar-refractivity contribution in [2.24, 2.45) is 0 Å². The minimum absolute atomic E-state index is 0.202. The fraction of sp³-hybridized carbons (Fsp3) is 0.562. The number of carbonyl (C=O) groups excluding carboxylic acids is 1. The Kier molecular flexibility index (Phi) is 4.59. The van der Waals surface area contributed by atoms with Crippen LogP contribution in [0.1, 0.15) is 36.5 Å². The molecule has 0 spiro atoms. The molecule has 1 aliphatic rings. The van der Waals surface area contributed by atoms with Crippen LogP contribution in [0.25, 0.3) is 0 Å². The minimum atomic E-state index is 0.202. The van der Waals surface area contributed by atoms with E-state index >= 15 is 0 Å². The third-order valence-electron chi connectivity index (χ3n) is 4.15. The van der Waals surface area contributed by atoms with Crippen molar-refractivity contribution in [2.45, 2.75) is 46.2 Å². The summed E-state index contributed by atoms with van der Waals surface area (Å²) >= 11 is 0. The molecule has 1 amide bonds. The van der Waals surface area contributed by atoms with Crippen molar-refractivity contribution in [1.29, 1.82) is 0 Å². The Morgan fingerprint density at radius 2 is 1.84 bits per heavy atom. The van der Waals surface area contributed by atoms with E-state index in [2.05, 4.69) is 37.4 Å². The average Bonchev–Trinajstić information content (AvgIpc) is 2.38. The molecule has 2 rings (SSSR count). The molecule has 1 heterocycles. The van der Waals surface area contributed by atoms with Crippen molar-refractivity contribution in [2.75, 3.05) is 13.1 Å². The van der Waals surface area contributed by atoms with Crippen molar-refractivity contribution in [3.05, 3.63) is 34.9 Å². The minimum Gasteiger partial charge on any atom is -0.343 e. The lowest BCUT2D eigenvalue weighted by molar-refractivity contribution is -0.129. The molecule has 1 aromatic rings. The van der Waals surface area contributed by atoms with Gasteiger partial charge in [-0.2, -0.15) is 0 Å². The van der Waals surface area contributed by atoms with Crippen LogP contribution in [-0.4, -0.2) is 29.9 Å². The Bertz CT molecular complexity index is 428. The number of carbonyl (C=O) groups is 1. The molecule has 1 aliphatic heterocycles. The monoisotopic (exact) mass is 260 g/mol. The zero-order valence-corrected chi connectivity index (χ0v) is 12.2. The summed E-state index contributed by atoms with van der Waals surface area (Å²) in [5, 5.41) is 3.64. The number of hydrogen-bond donors (Lipinski definition) is 1. The summed E-state index contributed by atoms with van der Waals surface area (Å²) in [6.45, 7) is 8.71. The Morgan fingerprint density at radius 3 is 2.37 bits per heavy atom. The molecule has 0 aromatic heterocycles. The summed E-state index contributed by atoms with van der Waals surface area (Å²) in [7, 11) is 0. The van der Waals surface area contributed by atoms with Crippen LogP contribution < -0.4 is 5.32 Å². The van der Waals surface area contributed by atoms with Gasteiger partial charge in [-0.05, 0) is 43.4 Å². The largest absolute Gasteiger partial charge is 0.343 e. The van der Waals surface area contributed by atoms with Gasteiger partial charge in [0.2, 0.25) is 5.91 Å². The van der Waals surface area contributed by atoms with E-state index in [1.807, 2.05) is 4.90 Å². The predicted molar refractivity (Wildman–Crippen MR) is 78.0 cm³/mol. The van der Waals surface area contributed by atoms with Crippen LogP contribution in [-0.2, 0) is 11.3 Å².